The lowest BCUT2D eigenvalue weighted by Crippen LogP contribution is -2.56. The van der Waals surface area contributed by atoms with E-state index in [9.17, 15) is 10.2 Å². The van der Waals surface area contributed by atoms with Crippen LogP contribution in [0, 0.1) is 0 Å². The van der Waals surface area contributed by atoms with Gasteiger partial charge in [-0.1, -0.05) is 181 Å². The molecule has 1 rings (SSSR count). The second kappa shape index (κ2) is 32.8. The van der Waals surface area contributed by atoms with E-state index in [0.29, 0.717) is 22.9 Å². The highest BCUT2D eigenvalue weighted by Crippen LogP contribution is 2.24. The lowest BCUT2D eigenvalue weighted by atomic mass is 10.00. The van der Waals surface area contributed by atoms with Crippen LogP contribution >= 0.6 is 24.4 Å². The van der Waals surface area contributed by atoms with Gasteiger partial charge in [-0.3, -0.25) is 0 Å². The molecule has 0 aromatic heterocycles. The molecule has 0 aromatic rings. The van der Waals surface area contributed by atoms with Gasteiger partial charge in [0.05, 0.1) is 13.2 Å². The largest absolute Gasteiger partial charge is 0.479 e. The van der Waals surface area contributed by atoms with Crippen LogP contribution in [0.2, 0.25) is 0 Å². The smallest absolute Gasteiger partial charge is 0.160 e. The molecule has 7 heteroatoms. The zero-order valence-electron chi connectivity index (χ0n) is 30.9. The summed E-state index contributed by atoms with van der Waals surface area (Å²) in [5.41, 5.74) is 0. The van der Waals surface area contributed by atoms with Gasteiger partial charge in [0.1, 0.15) is 12.2 Å². The van der Waals surface area contributed by atoms with Crippen molar-refractivity contribution in [2.24, 2.45) is 0 Å². The Morgan fingerprint density at radius 3 is 1.19 bits per heavy atom. The second-order valence-electron chi connectivity index (χ2n) is 14.2. The predicted octanol–water partition coefficient (Wildman–Crippen LogP) is 11.9. The van der Waals surface area contributed by atoms with Crippen molar-refractivity contribution in [3.05, 3.63) is 0 Å². The maximum Gasteiger partial charge on any atom is 0.160 e. The van der Waals surface area contributed by atoms with Crippen molar-refractivity contribution >= 4 is 34.5 Å². The molecule has 0 aliphatic carbocycles. The molecule has 0 unspecified atom stereocenters. The van der Waals surface area contributed by atoms with Crippen molar-refractivity contribution in [2.45, 2.75) is 231 Å². The summed E-state index contributed by atoms with van der Waals surface area (Å²) in [4.78, 5) is 0. The highest BCUT2D eigenvalue weighted by Gasteiger charge is 2.42. The summed E-state index contributed by atoms with van der Waals surface area (Å²) in [6.45, 7) is 4.49. The first kappa shape index (κ1) is 44.7. The molecule has 0 saturated carbocycles. The highest BCUT2D eigenvalue weighted by atomic mass is 32.1. The van der Waals surface area contributed by atoms with E-state index < -0.39 is 24.4 Å². The van der Waals surface area contributed by atoms with Gasteiger partial charge in [0.25, 0.3) is 0 Å². The van der Waals surface area contributed by atoms with Crippen molar-refractivity contribution in [2.75, 3.05) is 13.2 Å². The molecule has 1 heterocycles. The fourth-order valence-corrected chi connectivity index (χ4v) is 7.14. The molecular weight excluding hydrogens is 625 g/mol. The van der Waals surface area contributed by atoms with Crippen molar-refractivity contribution in [3.8, 4) is 0 Å². The lowest BCUT2D eigenvalue weighted by Gasteiger charge is -2.39. The van der Waals surface area contributed by atoms with Crippen molar-refractivity contribution in [1.29, 1.82) is 0 Å². The number of hydrogen-bond acceptors (Lipinski definition) is 7. The zero-order chi connectivity index (χ0) is 34.2. The number of ether oxygens (including phenoxy) is 3. The van der Waals surface area contributed by atoms with Gasteiger partial charge < -0.3 is 24.4 Å². The Balaban J connectivity index is 2.10. The molecule has 4 atom stereocenters. The number of aliphatic hydroxyl groups is 2. The molecule has 0 spiro atoms. The quantitative estimate of drug-likeness (QED) is 0.0522. The molecule has 47 heavy (non-hydrogen) atoms. The Morgan fingerprint density at radius 1 is 0.532 bits per heavy atom. The van der Waals surface area contributed by atoms with Gasteiger partial charge in [-0.05, 0) is 37.3 Å². The summed E-state index contributed by atoms with van der Waals surface area (Å²) in [5.74, 6) is 0. The minimum atomic E-state index is -0.954. The third kappa shape index (κ3) is 25.3. The van der Waals surface area contributed by atoms with Crippen LogP contribution in [-0.4, -0.2) is 57.9 Å². The molecule has 0 bridgehead atoms. The van der Waals surface area contributed by atoms with E-state index >= 15 is 0 Å². The molecule has 1 fully saturated rings. The Hall–Kier alpha value is -0.340. The molecule has 0 amide bonds. The van der Waals surface area contributed by atoms with Crippen LogP contribution in [0.4, 0.5) is 0 Å². The average molecular weight is 701 g/mol. The van der Waals surface area contributed by atoms with Gasteiger partial charge >= 0.3 is 0 Å². The van der Waals surface area contributed by atoms with Crippen LogP contribution in [0.15, 0.2) is 0 Å². The number of hydrogen-bond donors (Lipinski definition) is 2. The molecule has 2 N–H and O–H groups in total. The van der Waals surface area contributed by atoms with Gasteiger partial charge in [0.15, 0.2) is 22.3 Å². The molecule has 0 aromatic carbocycles. The van der Waals surface area contributed by atoms with E-state index in [1.54, 1.807) is 0 Å². The fourth-order valence-electron chi connectivity index (χ4n) is 6.62. The topological polar surface area (TPSA) is 68.2 Å². The molecule has 1 aliphatic heterocycles. The van der Waals surface area contributed by atoms with Crippen LogP contribution < -0.4 is 0 Å². The Bertz CT molecular complexity index is 721. The average Bonchev–Trinajstić information content (AvgIpc) is 3.07. The summed E-state index contributed by atoms with van der Waals surface area (Å²) in [6.07, 6.45) is 35.4. The SMILES string of the molecule is CCCCCCCCCCCCCCCCC(=S)O[C@@H]1[C@@H](O)[C@H](OC(=S)CCCCCCCCCCCCCCCC)CO[C@H]1CO. The van der Waals surface area contributed by atoms with Gasteiger partial charge in [-0.15, -0.1) is 0 Å². The molecule has 5 nitrogen and oxygen atoms in total. The van der Waals surface area contributed by atoms with E-state index in [-0.39, 0.29) is 13.2 Å². The Morgan fingerprint density at radius 2 is 0.851 bits per heavy atom. The van der Waals surface area contributed by atoms with Crippen LogP contribution in [0.1, 0.15) is 206 Å². The predicted molar refractivity (Wildman–Crippen MR) is 208 cm³/mol. The number of unbranched alkanes of at least 4 members (excludes halogenated alkanes) is 26. The van der Waals surface area contributed by atoms with E-state index in [1.165, 1.54) is 154 Å². The standard InChI is InChI=1S/C40H76O5S2/c1-3-5-7-9-11-13-15-17-19-21-23-25-27-29-31-37(46)44-36-34-43-35(33-41)40(39(36)42)45-38(47)32-30-28-26-24-22-20-18-16-14-12-10-8-6-4-2/h35-36,39-42H,3-34H2,1-2H3/t35-,36+,39-,40-/m0/s1. The van der Waals surface area contributed by atoms with Crippen LogP contribution in [0.5, 0.6) is 0 Å². The summed E-state index contributed by atoms with van der Waals surface area (Å²) in [6, 6.07) is 0. The monoisotopic (exact) mass is 701 g/mol. The summed E-state index contributed by atoms with van der Waals surface area (Å²) in [7, 11) is 0. The van der Waals surface area contributed by atoms with Crippen molar-refractivity contribution in [3.63, 3.8) is 0 Å². The minimum Gasteiger partial charge on any atom is -0.479 e. The number of aliphatic hydroxyl groups excluding tert-OH is 2. The fraction of sp³-hybridized carbons (Fsp3) is 0.950. The molecule has 1 saturated heterocycles. The van der Waals surface area contributed by atoms with Crippen LogP contribution in [0.3, 0.4) is 0 Å². The molecule has 0 radical (unpaired) electrons. The van der Waals surface area contributed by atoms with E-state index in [2.05, 4.69) is 13.8 Å². The van der Waals surface area contributed by atoms with Gasteiger partial charge in [0.2, 0.25) is 0 Å². The molecule has 1 aliphatic rings. The molecule has 278 valence electrons. The third-order valence-electron chi connectivity index (χ3n) is 9.76. The van der Waals surface area contributed by atoms with Crippen LogP contribution in [-0.2, 0) is 14.2 Å². The summed E-state index contributed by atoms with van der Waals surface area (Å²) < 4.78 is 17.8. The van der Waals surface area contributed by atoms with E-state index in [1.807, 2.05) is 0 Å². The van der Waals surface area contributed by atoms with E-state index in [0.717, 1.165) is 25.7 Å². The number of rotatable bonds is 33. The summed E-state index contributed by atoms with van der Waals surface area (Å²) in [5, 5.41) is 21.9. The second-order valence-corrected chi connectivity index (χ2v) is 15.1. The van der Waals surface area contributed by atoms with E-state index in [4.69, 9.17) is 38.6 Å². The molecular formula is C40H76O5S2. The van der Waals surface area contributed by atoms with Gasteiger partial charge in [-0.25, -0.2) is 0 Å². The normalized spacial score (nSPS) is 19.6. The van der Waals surface area contributed by atoms with Gasteiger partial charge in [-0.2, -0.15) is 0 Å². The maximum atomic E-state index is 11.1. The zero-order valence-corrected chi connectivity index (χ0v) is 32.5. The highest BCUT2D eigenvalue weighted by molar-refractivity contribution is 7.80. The maximum absolute atomic E-state index is 11.1. The minimum absolute atomic E-state index is 0.177. The Labute approximate surface area is 302 Å². The first-order chi connectivity index (χ1) is 23.0. The van der Waals surface area contributed by atoms with Crippen molar-refractivity contribution < 1.29 is 24.4 Å². The summed E-state index contributed by atoms with van der Waals surface area (Å²) >= 11 is 11.0. The first-order valence-electron chi connectivity index (χ1n) is 20.3. The third-order valence-corrected chi connectivity index (χ3v) is 10.4. The number of thiocarbonyl (C=S) groups is 2. The first-order valence-corrected chi connectivity index (χ1v) is 21.1. The van der Waals surface area contributed by atoms with Gasteiger partial charge in [0, 0.05) is 12.8 Å². The lowest BCUT2D eigenvalue weighted by molar-refractivity contribution is -0.186. The van der Waals surface area contributed by atoms with Crippen LogP contribution in [0.25, 0.3) is 0 Å². The van der Waals surface area contributed by atoms with Crippen molar-refractivity contribution in [1.82, 2.24) is 0 Å². The Kier molecular flexibility index (Phi) is 31.2.